The van der Waals surface area contributed by atoms with E-state index in [0.717, 1.165) is 106 Å². The van der Waals surface area contributed by atoms with Gasteiger partial charge in [-0.15, -0.1) is 11.3 Å². The fourth-order valence-corrected chi connectivity index (χ4v) is 11.9. The molecule has 2 aromatic heterocycles. The number of aliphatic hydroxyl groups excluding tert-OH is 1. The van der Waals surface area contributed by atoms with Crippen LogP contribution in [0.15, 0.2) is 64.1 Å². The Labute approximate surface area is 472 Å². The number of β-amino-alcohol motifs (C(OH)–C–C–N with tert-alkyl or cyclic N) is 1. The van der Waals surface area contributed by atoms with E-state index in [0.29, 0.717) is 39.4 Å². The molecule has 78 heavy (non-hydrogen) atoms. The summed E-state index contributed by atoms with van der Waals surface area (Å²) in [7, 11) is 0. The predicted octanol–water partition coefficient (Wildman–Crippen LogP) is 6.39. The number of piperazine rings is 1. The number of carbonyl (C=O) groups is 5. The molecule has 7 rings (SSSR count). The van der Waals surface area contributed by atoms with E-state index in [2.05, 4.69) is 57.8 Å². The number of piperidine rings is 1. The van der Waals surface area contributed by atoms with Crippen molar-refractivity contribution in [2.24, 2.45) is 11.1 Å². The van der Waals surface area contributed by atoms with Gasteiger partial charge in [0.25, 0.3) is 0 Å². The average Bonchev–Trinajstić information content (AvgIpc) is 4.03. The molecule has 3 saturated heterocycles. The lowest BCUT2D eigenvalue weighted by atomic mass is 9.85. The first kappa shape index (κ1) is 60.2. The Bertz CT molecular complexity index is 2690. The average molecular weight is 1130 g/mol. The summed E-state index contributed by atoms with van der Waals surface area (Å²) in [4.78, 5) is 90.4. The fourth-order valence-electron chi connectivity index (χ4n) is 9.97. The van der Waals surface area contributed by atoms with Gasteiger partial charge < -0.3 is 57.4 Å². The van der Waals surface area contributed by atoms with Crippen LogP contribution in [0.4, 0.5) is 17.3 Å². The lowest BCUT2D eigenvalue weighted by Gasteiger charge is -2.37. The van der Waals surface area contributed by atoms with Crippen molar-refractivity contribution in [3.63, 3.8) is 0 Å². The van der Waals surface area contributed by atoms with E-state index in [1.165, 1.54) is 16.7 Å². The van der Waals surface area contributed by atoms with Crippen LogP contribution in [-0.2, 0) is 24.0 Å². The summed E-state index contributed by atoms with van der Waals surface area (Å²) in [6.45, 7) is 19.3. The maximum atomic E-state index is 14.2. The SMILES string of the molecule is Cc1ncsc1-c1ccc([C@H](C)NC(=O)[C@@H]2C[C@@H](O)CN2C(=O)[C@@H](NC(=O)CCCCN2CCN(CCCCNC(=O)CCC(=O)Nc3cccc(Sc4ncc(N5CCC(C)(N)CC5)nc4N)c3Cl)CC2)C(C)(C)C)cc1. The molecule has 19 nitrogen and oxygen atoms in total. The number of anilines is 3. The summed E-state index contributed by atoms with van der Waals surface area (Å²) < 4.78 is 0. The van der Waals surface area contributed by atoms with E-state index >= 15 is 0 Å². The third kappa shape index (κ3) is 17.0. The van der Waals surface area contributed by atoms with Gasteiger partial charge in [-0.3, -0.25) is 24.0 Å². The number of unbranched alkanes of at least 4 members (excludes halogenated alkanes) is 2. The summed E-state index contributed by atoms with van der Waals surface area (Å²) in [6, 6.07) is 11.2. The molecule has 9 N–H and O–H groups in total. The van der Waals surface area contributed by atoms with Gasteiger partial charge in [-0.2, -0.15) is 0 Å². The first-order valence-corrected chi connectivity index (χ1v) is 29.4. The van der Waals surface area contributed by atoms with Crippen LogP contribution in [0.3, 0.4) is 0 Å². The number of nitrogens with two attached hydrogens (primary N) is 2. The number of hydrogen-bond acceptors (Lipinski definition) is 16. The molecule has 424 valence electrons. The lowest BCUT2D eigenvalue weighted by molar-refractivity contribution is -0.144. The number of rotatable bonds is 23. The van der Waals surface area contributed by atoms with Crippen LogP contribution in [0.1, 0.15) is 116 Å². The Kier molecular flexibility index (Phi) is 21.3. The number of nitrogens with one attached hydrogen (secondary N) is 4. The third-order valence-electron chi connectivity index (χ3n) is 14.9. The van der Waals surface area contributed by atoms with Crippen LogP contribution in [-0.4, -0.2) is 153 Å². The minimum Gasteiger partial charge on any atom is -0.391 e. The molecular weight excluding hydrogens is 1050 g/mol. The number of likely N-dealkylation sites (tertiary alicyclic amines) is 1. The number of thiazole rings is 1. The van der Waals surface area contributed by atoms with Crippen molar-refractivity contribution in [1.29, 1.82) is 0 Å². The van der Waals surface area contributed by atoms with Gasteiger partial charge in [-0.1, -0.05) is 74.5 Å². The molecule has 22 heteroatoms. The molecule has 5 amide bonds. The van der Waals surface area contributed by atoms with Crippen molar-refractivity contribution in [3.05, 3.63) is 70.5 Å². The van der Waals surface area contributed by atoms with Crippen molar-refractivity contribution >= 4 is 81.6 Å². The summed E-state index contributed by atoms with van der Waals surface area (Å²) in [6.07, 6.45) is 6.29. The number of nitrogens with zero attached hydrogens (tertiary/aromatic N) is 7. The molecule has 0 aliphatic carbocycles. The number of aromatic nitrogens is 3. The molecule has 0 unspecified atom stereocenters. The number of carbonyl (C=O) groups excluding carboxylic acids is 5. The van der Waals surface area contributed by atoms with Gasteiger partial charge >= 0.3 is 0 Å². The number of halogens is 1. The molecule has 0 radical (unpaired) electrons. The van der Waals surface area contributed by atoms with Crippen LogP contribution in [0, 0.1) is 12.3 Å². The van der Waals surface area contributed by atoms with Gasteiger partial charge in [0, 0.05) is 88.5 Å². The summed E-state index contributed by atoms with van der Waals surface area (Å²) >= 11 is 9.56. The zero-order valence-electron chi connectivity index (χ0n) is 46.1. The second-order valence-electron chi connectivity index (χ2n) is 22.4. The van der Waals surface area contributed by atoms with Gasteiger partial charge in [0.15, 0.2) is 5.82 Å². The Morgan fingerprint density at radius 1 is 0.885 bits per heavy atom. The van der Waals surface area contributed by atoms with Gasteiger partial charge in [0.1, 0.15) is 22.9 Å². The highest BCUT2D eigenvalue weighted by molar-refractivity contribution is 7.99. The van der Waals surface area contributed by atoms with Crippen LogP contribution in [0.5, 0.6) is 0 Å². The molecular formula is C56H80ClN13O6S2. The molecule has 2 aromatic carbocycles. The zero-order chi connectivity index (χ0) is 56.1. The first-order chi connectivity index (χ1) is 37.1. The highest BCUT2D eigenvalue weighted by atomic mass is 35.5. The lowest BCUT2D eigenvalue weighted by Crippen LogP contribution is -2.57. The molecule has 3 fully saturated rings. The maximum absolute atomic E-state index is 14.2. The minimum atomic E-state index is -0.877. The van der Waals surface area contributed by atoms with Gasteiger partial charge in [-0.25, -0.2) is 15.0 Å². The molecule has 0 spiro atoms. The van der Waals surface area contributed by atoms with Crippen molar-refractivity contribution < 1.29 is 29.1 Å². The fraction of sp³-hybridized carbons (Fsp3) is 0.571. The summed E-state index contributed by atoms with van der Waals surface area (Å²) in [5, 5.41) is 23.4. The molecule has 0 bridgehead atoms. The van der Waals surface area contributed by atoms with E-state index in [9.17, 15) is 29.1 Å². The van der Waals surface area contributed by atoms with Crippen LogP contribution < -0.4 is 37.6 Å². The summed E-state index contributed by atoms with van der Waals surface area (Å²) in [5.41, 5.74) is 17.0. The zero-order valence-corrected chi connectivity index (χ0v) is 48.5. The van der Waals surface area contributed by atoms with Crippen LogP contribution in [0.2, 0.25) is 5.02 Å². The highest BCUT2D eigenvalue weighted by Crippen LogP contribution is 2.39. The van der Waals surface area contributed by atoms with Crippen molar-refractivity contribution in [1.82, 2.24) is 45.6 Å². The first-order valence-electron chi connectivity index (χ1n) is 27.4. The number of amides is 5. The monoisotopic (exact) mass is 1130 g/mol. The molecule has 4 aromatic rings. The number of aryl methyl sites for hydroxylation is 1. The Balaban J connectivity index is 0.736. The van der Waals surface area contributed by atoms with E-state index in [4.69, 9.17) is 23.1 Å². The van der Waals surface area contributed by atoms with Crippen molar-refractivity contribution in [2.75, 3.05) is 81.4 Å². The topological polar surface area (TPSA) is 257 Å². The third-order valence-corrected chi connectivity index (χ3v) is 17.4. The van der Waals surface area contributed by atoms with E-state index in [1.54, 1.807) is 29.7 Å². The van der Waals surface area contributed by atoms with Crippen molar-refractivity contribution in [3.8, 4) is 10.4 Å². The van der Waals surface area contributed by atoms with Crippen LogP contribution >= 0.6 is 34.7 Å². The standard InChI is InChI=1S/C56H80ClN13O6S2/c1-36(38-15-17-39(18-16-38)49-37(2)62-35-77-49)63-52(75)42-32-40(71)34-70(42)54(76)50(55(3,4)5)66-46(73)14-7-9-24-67-28-30-68(31-29-67)25-10-8-23-60-45(72)19-20-47(74)64-41-12-11-13-43(48(41)57)78-53-51(58)65-44(33-61-53)69-26-21-56(6,59)22-27-69/h11-13,15-18,33,35-36,40,42,50,71H,7-10,14,19-32,34,59H2,1-6H3,(H2,58,65)(H,60,72)(H,63,75)(H,64,74)(H,66,73)/t36-,40+,42-,50+/m0/s1. The number of hydrogen-bond donors (Lipinski definition) is 7. The van der Waals surface area contributed by atoms with E-state index < -0.39 is 23.6 Å². The smallest absolute Gasteiger partial charge is 0.246 e. The number of benzene rings is 2. The minimum absolute atomic E-state index is 0.0105. The molecule has 4 atom stereocenters. The van der Waals surface area contributed by atoms with Crippen LogP contribution in [0.25, 0.3) is 10.4 Å². The number of nitrogen functional groups attached to an aromatic ring is 1. The van der Waals surface area contributed by atoms with Gasteiger partial charge in [-0.05, 0) is 101 Å². The highest BCUT2D eigenvalue weighted by Gasteiger charge is 2.45. The quantitative estimate of drug-likeness (QED) is 0.0398. The Morgan fingerprint density at radius 3 is 2.19 bits per heavy atom. The van der Waals surface area contributed by atoms with E-state index in [-0.39, 0.29) is 79.2 Å². The van der Waals surface area contributed by atoms with Gasteiger partial charge in [0.05, 0.1) is 45.1 Å². The second-order valence-corrected chi connectivity index (χ2v) is 24.7. The molecule has 0 saturated carbocycles. The molecule has 3 aliphatic rings. The number of aliphatic hydroxyl groups is 1. The molecule has 3 aliphatic heterocycles. The van der Waals surface area contributed by atoms with Gasteiger partial charge in [0.2, 0.25) is 29.5 Å². The normalized spacial score (nSPS) is 18.8. The predicted molar refractivity (Wildman–Crippen MR) is 309 cm³/mol. The Hall–Kier alpha value is -5.42. The van der Waals surface area contributed by atoms with Crippen molar-refractivity contribution in [2.45, 2.75) is 145 Å². The Morgan fingerprint density at radius 2 is 1.55 bits per heavy atom. The summed E-state index contributed by atoms with van der Waals surface area (Å²) in [5.74, 6) is -0.434. The van der Waals surface area contributed by atoms with E-state index in [1.807, 2.05) is 70.5 Å². The molecule has 5 heterocycles. The maximum Gasteiger partial charge on any atom is 0.246 e. The largest absolute Gasteiger partial charge is 0.391 e. The second kappa shape index (κ2) is 27.6.